The van der Waals surface area contributed by atoms with Crippen LogP contribution in [0.4, 0.5) is 0 Å². The van der Waals surface area contributed by atoms with Gasteiger partial charge in [-0.25, -0.2) is 0 Å². The van der Waals surface area contributed by atoms with Crippen molar-refractivity contribution in [1.29, 1.82) is 0 Å². The highest BCUT2D eigenvalue weighted by Gasteiger charge is 2.17. The normalized spacial score (nSPS) is 16.8. The molecule has 0 fully saturated rings. The SMILES string of the molecule is C=CCC1=C(N=[N+]=[N-])CCCC1=O. The number of azide groups is 1. The van der Waals surface area contributed by atoms with Crippen LogP contribution >= 0.6 is 0 Å². The molecule has 0 radical (unpaired) electrons. The number of Topliss-reactive ketones (excluding diaryl/α,β-unsaturated/α-hetero) is 1. The molecule has 0 aromatic rings. The maximum atomic E-state index is 11.4. The molecule has 0 N–H and O–H groups in total. The van der Waals surface area contributed by atoms with Crippen LogP contribution in [0.3, 0.4) is 0 Å². The van der Waals surface area contributed by atoms with Crippen LogP contribution in [0.25, 0.3) is 10.4 Å². The molecule has 0 spiro atoms. The molecule has 13 heavy (non-hydrogen) atoms. The van der Waals surface area contributed by atoms with Crippen molar-refractivity contribution >= 4 is 5.78 Å². The Bertz CT molecular complexity index is 311. The number of hydrogen-bond acceptors (Lipinski definition) is 2. The highest BCUT2D eigenvalue weighted by atomic mass is 16.1. The maximum Gasteiger partial charge on any atom is 0.159 e. The fraction of sp³-hybridized carbons (Fsp3) is 0.444. The summed E-state index contributed by atoms with van der Waals surface area (Å²) in [5.74, 6) is 0.0913. The summed E-state index contributed by atoms with van der Waals surface area (Å²) in [4.78, 5) is 14.1. The van der Waals surface area contributed by atoms with Crippen LogP contribution in [0.5, 0.6) is 0 Å². The zero-order chi connectivity index (χ0) is 9.68. The minimum atomic E-state index is 0.0913. The van der Waals surface area contributed by atoms with Crippen LogP contribution in [-0.4, -0.2) is 5.78 Å². The topological polar surface area (TPSA) is 65.8 Å². The third-order valence-corrected chi connectivity index (χ3v) is 2.02. The smallest absolute Gasteiger partial charge is 0.159 e. The molecule has 68 valence electrons. The Hall–Kier alpha value is -1.54. The number of nitrogens with zero attached hydrogens (tertiary/aromatic N) is 3. The van der Waals surface area contributed by atoms with E-state index in [0.717, 1.165) is 6.42 Å². The van der Waals surface area contributed by atoms with E-state index in [1.165, 1.54) is 0 Å². The van der Waals surface area contributed by atoms with Gasteiger partial charge in [-0.2, -0.15) is 0 Å². The summed E-state index contributed by atoms with van der Waals surface area (Å²) < 4.78 is 0. The monoisotopic (exact) mass is 177 g/mol. The summed E-state index contributed by atoms with van der Waals surface area (Å²) >= 11 is 0. The van der Waals surface area contributed by atoms with Gasteiger partial charge in [0, 0.05) is 22.6 Å². The quantitative estimate of drug-likeness (QED) is 0.283. The standard InChI is InChI=1S/C9H11N3O/c1-2-4-7-8(11-12-10)5-3-6-9(7)13/h2H,1,3-6H2. The zero-order valence-electron chi connectivity index (χ0n) is 7.36. The van der Waals surface area contributed by atoms with Crippen molar-refractivity contribution in [1.82, 2.24) is 0 Å². The van der Waals surface area contributed by atoms with Crippen molar-refractivity contribution in [3.05, 3.63) is 34.4 Å². The Morgan fingerprint density at radius 2 is 2.38 bits per heavy atom. The predicted octanol–water partition coefficient (Wildman–Crippen LogP) is 2.88. The molecular formula is C9H11N3O. The van der Waals surface area contributed by atoms with Crippen LogP contribution in [0, 0.1) is 0 Å². The van der Waals surface area contributed by atoms with E-state index in [4.69, 9.17) is 5.53 Å². The van der Waals surface area contributed by atoms with Crippen LogP contribution in [0.2, 0.25) is 0 Å². The number of rotatable bonds is 3. The second-order valence-electron chi connectivity index (χ2n) is 2.88. The molecule has 0 atom stereocenters. The third kappa shape index (κ3) is 2.20. The molecule has 0 saturated heterocycles. The van der Waals surface area contributed by atoms with E-state index in [1.807, 2.05) is 0 Å². The van der Waals surface area contributed by atoms with Crippen molar-refractivity contribution in [2.24, 2.45) is 5.11 Å². The lowest BCUT2D eigenvalue weighted by molar-refractivity contribution is -0.116. The Morgan fingerprint density at radius 1 is 1.62 bits per heavy atom. The first-order chi connectivity index (χ1) is 6.29. The minimum Gasteiger partial charge on any atom is -0.295 e. The second kappa shape index (κ2) is 4.48. The lowest BCUT2D eigenvalue weighted by Gasteiger charge is -2.14. The molecule has 4 nitrogen and oxygen atoms in total. The van der Waals surface area contributed by atoms with Gasteiger partial charge < -0.3 is 0 Å². The van der Waals surface area contributed by atoms with Crippen molar-refractivity contribution in [3.63, 3.8) is 0 Å². The van der Waals surface area contributed by atoms with Crippen molar-refractivity contribution in [2.75, 3.05) is 0 Å². The van der Waals surface area contributed by atoms with E-state index in [-0.39, 0.29) is 5.78 Å². The lowest BCUT2D eigenvalue weighted by atomic mass is 9.93. The van der Waals surface area contributed by atoms with Gasteiger partial charge in [0.15, 0.2) is 5.78 Å². The van der Waals surface area contributed by atoms with E-state index in [9.17, 15) is 4.79 Å². The molecule has 0 aromatic carbocycles. The summed E-state index contributed by atoms with van der Waals surface area (Å²) in [5, 5.41) is 3.53. The van der Waals surface area contributed by atoms with Gasteiger partial charge in [0.05, 0.1) is 0 Å². The van der Waals surface area contributed by atoms with Gasteiger partial charge in [0.1, 0.15) is 0 Å². The van der Waals surface area contributed by atoms with Crippen LogP contribution < -0.4 is 0 Å². The molecular weight excluding hydrogens is 166 g/mol. The van der Waals surface area contributed by atoms with E-state index >= 15 is 0 Å². The number of hydrogen-bond donors (Lipinski definition) is 0. The zero-order valence-corrected chi connectivity index (χ0v) is 7.36. The first-order valence-corrected chi connectivity index (χ1v) is 4.20. The molecule has 1 aliphatic rings. The molecule has 0 aromatic heterocycles. The number of carbonyl (C=O) groups excluding carboxylic acids is 1. The third-order valence-electron chi connectivity index (χ3n) is 2.02. The van der Waals surface area contributed by atoms with Gasteiger partial charge in [0.2, 0.25) is 0 Å². The van der Waals surface area contributed by atoms with Gasteiger partial charge in [-0.1, -0.05) is 11.2 Å². The number of ketones is 1. The number of carbonyl (C=O) groups is 1. The average molecular weight is 177 g/mol. The summed E-state index contributed by atoms with van der Waals surface area (Å²) in [5.41, 5.74) is 9.51. The van der Waals surface area contributed by atoms with Gasteiger partial charge in [-0.3, -0.25) is 4.79 Å². The van der Waals surface area contributed by atoms with E-state index < -0.39 is 0 Å². The van der Waals surface area contributed by atoms with Crippen LogP contribution in [-0.2, 0) is 4.79 Å². The van der Waals surface area contributed by atoms with Crippen molar-refractivity contribution < 1.29 is 4.79 Å². The maximum absolute atomic E-state index is 11.4. The van der Waals surface area contributed by atoms with Gasteiger partial charge in [-0.05, 0) is 24.8 Å². The molecule has 0 saturated carbocycles. The minimum absolute atomic E-state index is 0.0913. The van der Waals surface area contributed by atoms with Crippen molar-refractivity contribution in [2.45, 2.75) is 25.7 Å². The first-order valence-electron chi connectivity index (χ1n) is 4.20. The van der Waals surface area contributed by atoms with Crippen LogP contribution in [0.15, 0.2) is 29.0 Å². The van der Waals surface area contributed by atoms with Gasteiger partial charge in [0.25, 0.3) is 0 Å². The summed E-state index contributed by atoms with van der Waals surface area (Å²) in [6, 6.07) is 0. The second-order valence-corrected chi connectivity index (χ2v) is 2.88. The van der Waals surface area contributed by atoms with Gasteiger partial charge in [-0.15, -0.1) is 6.58 Å². The molecule has 0 bridgehead atoms. The van der Waals surface area contributed by atoms with Gasteiger partial charge >= 0.3 is 0 Å². The van der Waals surface area contributed by atoms with E-state index in [1.54, 1.807) is 6.08 Å². The van der Waals surface area contributed by atoms with E-state index in [2.05, 4.69) is 16.6 Å². The molecule has 1 aliphatic carbocycles. The number of allylic oxidation sites excluding steroid dienone is 3. The largest absolute Gasteiger partial charge is 0.295 e. The fourth-order valence-electron chi connectivity index (χ4n) is 1.42. The summed E-state index contributed by atoms with van der Waals surface area (Å²) in [7, 11) is 0. The molecule has 0 amide bonds. The summed E-state index contributed by atoms with van der Waals surface area (Å²) in [6.07, 6.45) is 4.22. The first kappa shape index (κ1) is 9.55. The molecule has 0 aliphatic heterocycles. The Kier molecular flexibility index (Phi) is 3.29. The molecule has 1 rings (SSSR count). The van der Waals surface area contributed by atoms with E-state index in [0.29, 0.717) is 30.5 Å². The molecule has 4 heteroatoms. The fourth-order valence-corrected chi connectivity index (χ4v) is 1.42. The van der Waals surface area contributed by atoms with Crippen LogP contribution in [0.1, 0.15) is 25.7 Å². The predicted molar refractivity (Wildman–Crippen MR) is 49.8 cm³/mol. The Labute approximate surface area is 76.6 Å². The Balaban J connectivity index is 3.02. The summed E-state index contributed by atoms with van der Waals surface area (Å²) in [6.45, 7) is 3.56. The highest BCUT2D eigenvalue weighted by Crippen LogP contribution is 2.25. The highest BCUT2D eigenvalue weighted by molar-refractivity contribution is 5.97. The average Bonchev–Trinajstić information content (AvgIpc) is 2.11. The molecule has 0 heterocycles. The molecule has 0 unspecified atom stereocenters. The Morgan fingerprint density at radius 3 is 3.00 bits per heavy atom. The lowest BCUT2D eigenvalue weighted by Crippen LogP contribution is -2.10. The van der Waals surface area contributed by atoms with Crippen molar-refractivity contribution in [3.8, 4) is 0 Å².